The number of benzene rings is 1. The third-order valence-corrected chi connectivity index (χ3v) is 3.52. The summed E-state index contributed by atoms with van der Waals surface area (Å²) in [7, 11) is 0. The highest BCUT2D eigenvalue weighted by Gasteiger charge is 2.43. The van der Waals surface area contributed by atoms with Gasteiger partial charge in [0.2, 0.25) is 0 Å². The first kappa shape index (κ1) is 10.7. The van der Waals surface area contributed by atoms with Crippen molar-refractivity contribution in [2.75, 3.05) is 6.61 Å². The number of hydrogen-bond donors (Lipinski definition) is 1. The molecule has 1 fully saturated rings. The molecule has 1 aliphatic carbocycles. The molecule has 1 aromatic rings. The normalized spacial score (nSPS) is 18.9. The second-order valence-corrected chi connectivity index (χ2v) is 5.77. The van der Waals surface area contributed by atoms with Crippen LogP contribution in [0.2, 0.25) is 0 Å². The first-order valence-corrected chi connectivity index (χ1v) is 5.70. The lowest BCUT2D eigenvalue weighted by Gasteiger charge is -2.20. The molecule has 0 spiro atoms. The van der Waals surface area contributed by atoms with Crippen molar-refractivity contribution in [3.63, 3.8) is 0 Å². The van der Waals surface area contributed by atoms with Gasteiger partial charge in [0.15, 0.2) is 0 Å². The molecule has 1 aromatic carbocycles. The molecule has 0 atom stereocenters. The van der Waals surface area contributed by atoms with Gasteiger partial charge in [0.1, 0.15) is 0 Å². The molecule has 0 aromatic heterocycles. The fourth-order valence-corrected chi connectivity index (χ4v) is 2.01. The number of aliphatic hydroxyl groups excluding tert-OH is 1. The second kappa shape index (κ2) is 3.34. The standard InChI is InChI=1S/C14H20O/c1-13(2,3)11-4-6-12(7-5-11)14(10-15)8-9-14/h4-7,15H,8-10H2,1-3H3. The third-order valence-electron chi connectivity index (χ3n) is 3.52. The van der Waals surface area contributed by atoms with Gasteiger partial charge in [-0.2, -0.15) is 0 Å². The van der Waals surface area contributed by atoms with Crippen molar-refractivity contribution in [2.24, 2.45) is 0 Å². The maximum absolute atomic E-state index is 9.34. The fraction of sp³-hybridized carbons (Fsp3) is 0.571. The van der Waals surface area contributed by atoms with Crippen LogP contribution in [0.25, 0.3) is 0 Å². The molecule has 0 saturated heterocycles. The predicted octanol–water partition coefficient (Wildman–Crippen LogP) is 3.01. The second-order valence-electron chi connectivity index (χ2n) is 5.77. The highest BCUT2D eigenvalue weighted by Crippen LogP contribution is 2.47. The molecule has 82 valence electrons. The highest BCUT2D eigenvalue weighted by molar-refractivity contribution is 5.35. The van der Waals surface area contributed by atoms with E-state index in [-0.39, 0.29) is 10.8 Å². The van der Waals surface area contributed by atoms with Crippen LogP contribution in [-0.4, -0.2) is 11.7 Å². The fourth-order valence-electron chi connectivity index (χ4n) is 2.01. The van der Waals surface area contributed by atoms with E-state index in [2.05, 4.69) is 45.0 Å². The molecule has 1 nitrogen and oxygen atoms in total. The smallest absolute Gasteiger partial charge is 0.0527 e. The lowest BCUT2D eigenvalue weighted by atomic mass is 9.85. The van der Waals surface area contributed by atoms with E-state index in [1.54, 1.807) is 0 Å². The molecule has 1 saturated carbocycles. The Morgan fingerprint density at radius 1 is 1.13 bits per heavy atom. The van der Waals surface area contributed by atoms with Crippen LogP contribution < -0.4 is 0 Å². The van der Waals surface area contributed by atoms with Crippen molar-refractivity contribution < 1.29 is 5.11 Å². The average molecular weight is 204 g/mol. The Morgan fingerprint density at radius 3 is 2.00 bits per heavy atom. The highest BCUT2D eigenvalue weighted by atomic mass is 16.3. The summed E-state index contributed by atoms with van der Waals surface area (Å²) in [5.41, 5.74) is 2.99. The van der Waals surface area contributed by atoms with Crippen molar-refractivity contribution >= 4 is 0 Å². The van der Waals surface area contributed by atoms with Crippen molar-refractivity contribution in [1.82, 2.24) is 0 Å². The van der Waals surface area contributed by atoms with E-state index in [1.165, 1.54) is 11.1 Å². The Balaban J connectivity index is 2.25. The maximum Gasteiger partial charge on any atom is 0.0527 e. The molecule has 0 radical (unpaired) electrons. The minimum Gasteiger partial charge on any atom is -0.395 e. The summed E-state index contributed by atoms with van der Waals surface area (Å²) in [6.45, 7) is 6.96. The summed E-state index contributed by atoms with van der Waals surface area (Å²) in [5.74, 6) is 0. The zero-order chi connectivity index (χ0) is 11.1. The molecule has 0 amide bonds. The molecule has 1 heteroatoms. The van der Waals surface area contributed by atoms with Gasteiger partial charge in [0.25, 0.3) is 0 Å². The van der Waals surface area contributed by atoms with E-state index in [9.17, 15) is 5.11 Å². The minimum atomic E-state index is 0.108. The van der Waals surface area contributed by atoms with Gasteiger partial charge in [0, 0.05) is 5.41 Å². The Hall–Kier alpha value is -0.820. The molecule has 0 heterocycles. The van der Waals surface area contributed by atoms with Crippen molar-refractivity contribution in [1.29, 1.82) is 0 Å². The number of aliphatic hydroxyl groups is 1. The number of rotatable bonds is 2. The van der Waals surface area contributed by atoms with Gasteiger partial charge in [-0.1, -0.05) is 45.0 Å². The van der Waals surface area contributed by atoms with E-state index in [1.807, 2.05) is 0 Å². The molecule has 15 heavy (non-hydrogen) atoms. The molecule has 0 aliphatic heterocycles. The van der Waals surface area contributed by atoms with Crippen molar-refractivity contribution in [3.8, 4) is 0 Å². The van der Waals surface area contributed by atoms with E-state index >= 15 is 0 Å². The van der Waals surface area contributed by atoms with Crippen LogP contribution in [0.5, 0.6) is 0 Å². The Labute approximate surface area is 92.1 Å². The van der Waals surface area contributed by atoms with Crippen molar-refractivity contribution in [3.05, 3.63) is 35.4 Å². The quantitative estimate of drug-likeness (QED) is 0.785. The van der Waals surface area contributed by atoms with Gasteiger partial charge in [-0.3, -0.25) is 0 Å². The molecular formula is C14H20O. The summed E-state index contributed by atoms with van der Waals surface area (Å²) in [6.07, 6.45) is 2.27. The summed E-state index contributed by atoms with van der Waals surface area (Å²) >= 11 is 0. The Kier molecular flexibility index (Phi) is 2.38. The van der Waals surface area contributed by atoms with Crippen LogP contribution in [-0.2, 0) is 10.8 Å². The van der Waals surface area contributed by atoms with Gasteiger partial charge in [-0.05, 0) is 29.4 Å². The van der Waals surface area contributed by atoms with E-state index < -0.39 is 0 Å². The predicted molar refractivity (Wildman–Crippen MR) is 63.1 cm³/mol. The molecular weight excluding hydrogens is 184 g/mol. The van der Waals surface area contributed by atoms with Gasteiger partial charge in [-0.25, -0.2) is 0 Å². The lowest BCUT2D eigenvalue weighted by molar-refractivity contribution is 0.255. The summed E-state index contributed by atoms with van der Waals surface area (Å²) in [6, 6.07) is 8.77. The van der Waals surface area contributed by atoms with Crippen molar-refractivity contribution in [2.45, 2.75) is 44.4 Å². The first-order valence-electron chi connectivity index (χ1n) is 5.70. The van der Waals surface area contributed by atoms with Crippen LogP contribution in [0.4, 0.5) is 0 Å². The van der Waals surface area contributed by atoms with Gasteiger partial charge >= 0.3 is 0 Å². The van der Waals surface area contributed by atoms with Crippen LogP contribution >= 0.6 is 0 Å². The largest absolute Gasteiger partial charge is 0.395 e. The first-order chi connectivity index (χ1) is 6.98. The van der Waals surface area contributed by atoms with Gasteiger partial charge < -0.3 is 5.11 Å². The van der Waals surface area contributed by atoms with E-state index in [0.29, 0.717) is 6.61 Å². The zero-order valence-electron chi connectivity index (χ0n) is 9.88. The van der Waals surface area contributed by atoms with E-state index in [0.717, 1.165) is 12.8 Å². The molecule has 1 N–H and O–H groups in total. The third kappa shape index (κ3) is 1.93. The molecule has 0 unspecified atom stereocenters. The molecule has 0 bridgehead atoms. The topological polar surface area (TPSA) is 20.2 Å². The van der Waals surface area contributed by atoms with Crippen LogP contribution in [0.15, 0.2) is 24.3 Å². The summed E-state index contributed by atoms with van der Waals surface area (Å²) in [5, 5.41) is 9.34. The Bertz CT molecular complexity index is 339. The molecule has 2 rings (SSSR count). The van der Waals surface area contributed by atoms with Crippen LogP contribution in [0, 0.1) is 0 Å². The summed E-state index contributed by atoms with van der Waals surface area (Å²) < 4.78 is 0. The lowest BCUT2D eigenvalue weighted by Crippen LogP contribution is -2.14. The van der Waals surface area contributed by atoms with Crippen LogP contribution in [0.3, 0.4) is 0 Å². The number of hydrogen-bond acceptors (Lipinski definition) is 1. The average Bonchev–Trinajstić information content (AvgIpc) is 2.97. The summed E-state index contributed by atoms with van der Waals surface area (Å²) in [4.78, 5) is 0. The zero-order valence-corrected chi connectivity index (χ0v) is 9.88. The molecule has 1 aliphatic rings. The minimum absolute atomic E-state index is 0.108. The maximum atomic E-state index is 9.34. The van der Waals surface area contributed by atoms with Gasteiger partial charge in [-0.15, -0.1) is 0 Å². The monoisotopic (exact) mass is 204 g/mol. The SMILES string of the molecule is CC(C)(C)c1ccc(C2(CO)CC2)cc1. The van der Waals surface area contributed by atoms with Gasteiger partial charge in [0.05, 0.1) is 6.61 Å². The Morgan fingerprint density at radius 2 is 1.67 bits per heavy atom. The van der Waals surface area contributed by atoms with E-state index in [4.69, 9.17) is 0 Å². The van der Waals surface area contributed by atoms with Crippen LogP contribution in [0.1, 0.15) is 44.7 Å².